The molecule has 0 saturated heterocycles. The van der Waals surface area contributed by atoms with Crippen LogP contribution in [0.25, 0.3) is 0 Å². The van der Waals surface area contributed by atoms with Crippen LogP contribution in [0.3, 0.4) is 0 Å². The van der Waals surface area contributed by atoms with Crippen molar-refractivity contribution < 1.29 is 29.0 Å². The minimum absolute atomic E-state index is 0.0370. The average Bonchev–Trinajstić information content (AvgIpc) is 2.28. The van der Waals surface area contributed by atoms with Crippen molar-refractivity contribution >= 4 is 18.0 Å². The van der Waals surface area contributed by atoms with Crippen LogP contribution in [0.15, 0.2) is 0 Å². The number of carboxylic acid groups (broad SMARTS) is 1. The molecule has 0 unspecified atom stereocenters. The number of hydrogen-bond acceptors (Lipinski definition) is 5. The second kappa shape index (κ2) is 7.97. The summed E-state index contributed by atoms with van der Waals surface area (Å²) in [5.74, 6) is 0.530. The Kier molecular flexibility index (Phi) is 7.04. The van der Waals surface area contributed by atoms with Crippen LogP contribution in [-0.4, -0.2) is 41.9 Å². The summed E-state index contributed by atoms with van der Waals surface area (Å²) in [5.41, 5.74) is -1.82. The Bertz CT molecular complexity index is 386. The first kappa shape index (κ1) is 16.8. The minimum atomic E-state index is -1.82. The van der Waals surface area contributed by atoms with Crippen molar-refractivity contribution in [2.45, 2.75) is 32.2 Å². The minimum Gasteiger partial charge on any atom is -0.466 e. The van der Waals surface area contributed by atoms with Crippen LogP contribution in [0.5, 0.6) is 0 Å². The van der Waals surface area contributed by atoms with E-state index in [0.29, 0.717) is 0 Å². The highest BCUT2D eigenvalue weighted by Crippen LogP contribution is 2.19. The van der Waals surface area contributed by atoms with Gasteiger partial charge in [-0.25, -0.2) is 9.59 Å². The van der Waals surface area contributed by atoms with Crippen molar-refractivity contribution in [2.75, 3.05) is 13.2 Å². The van der Waals surface area contributed by atoms with E-state index < -0.39 is 30.0 Å². The molecular formula is C12H17NO6. The predicted molar refractivity (Wildman–Crippen MR) is 65.2 cm³/mol. The van der Waals surface area contributed by atoms with E-state index in [1.54, 1.807) is 13.8 Å². The highest BCUT2D eigenvalue weighted by Gasteiger charge is 2.43. The van der Waals surface area contributed by atoms with Crippen LogP contribution in [0, 0.1) is 12.3 Å². The smallest absolute Gasteiger partial charge is 0.405 e. The molecule has 19 heavy (non-hydrogen) atoms. The molecule has 0 aliphatic rings. The lowest BCUT2D eigenvalue weighted by Crippen LogP contribution is -2.56. The summed E-state index contributed by atoms with van der Waals surface area (Å²) >= 11 is 0. The number of esters is 2. The topological polar surface area (TPSA) is 102 Å². The fourth-order valence-electron chi connectivity index (χ4n) is 1.45. The van der Waals surface area contributed by atoms with Gasteiger partial charge >= 0.3 is 18.0 Å². The van der Waals surface area contributed by atoms with Crippen LogP contribution in [0.4, 0.5) is 4.79 Å². The Labute approximate surface area is 111 Å². The van der Waals surface area contributed by atoms with Crippen molar-refractivity contribution in [1.29, 1.82) is 0 Å². The lowest BCUT2D eigenvalue weighted by Gasteiger charge is -2.28. The maximum atomic E-state index is 11.9. The zero-order chi connectivity index (χ0) is 14.9. The summed E-state index contributed by atoms with van der Waals surface area (Å²) in [4.78, 5) is 34.2. The highest BCUT2D eigenvalue weighted by molar-refractivity contribution is 5.90. The number of carbonyl (C=O) groups is 3. The molecule has 1 atom stereocenters. The summed E-state index contributed by atoms with van der Waals surface area (Å²) < 4.78 is 9.48. The first-order valence-electron chi connectivity index (χ1n) is 5.69. The Hall–Kier alpha value is -2.23. The van der Waals surface area contributed by atoms with Gasteiger partial charge in [0.05, 0.1) is 19.6 Å². The summed E-state index contributed by atoms with van der Waals surface area (Å²) in [7, 11) is 0. The van der Waals surface area contributed by atoms with Gasteiger partial charge < -0.3 is 19.9 Å². The van der Waals surface area contributed by atoms with Gasteiger partial charge in [0, 0.05) is 6.42 Å². The molecule has 0 aromatic carbocycles. The Balaban J connectivity index is 5.24. The molecule has 0 spiro atoms. The standard InChI is InChI=1S/C12H17NO6/c1-4-7-12(13-11(16)17,10(15)19-6-3)8-9(14)18-5-2/h1,13H,5-8H2,2-3H3,(H,16,17)/t12-/m1/s1. The molecule has 0 heterocycles. The molecule has 1 amide bonds. The Morgan fingerprint density at radius 1 is 1.26 bits per heavy atom. The van der Waals surface area contributed by atoms with E-state index >= 15 is 0 Å². The molecule has 0 saturated carbocycles. The molecule has 0 rings (SSSR count). The number of terminal acetylenes is 1. The first-order valence-corrected chi connectivity index (χ1v) is 5.69. The van der Waals surface area contributed by atoms with Crippen LogP contribution in [0.2, 0.25) is 0 Å². The number of ether oxygens (including phenoxy) is 2. The number of rotatable bonds is 7. The average molecular weight is 271 g/mol. The molecule has 0 fully saturated rings. The molecular weight excluding hydrogens is 254 g/mol. The van der Waals surface area contributed by atoms with E-state index in [4.69, 9.17) is 21.0 Å². The molecule has 0 aliphatic heterocycles. The third-order valence-corrected chi connectivity index (χ3v) is 2.17. The maximum Gasteiger partial charge on any atom is 0.405 e. The van der Waals surface area contributed by atoms with Gasteiger partial charge in [0.1, 0.15) is 0 Å². The summed E-state index contributed by atoms with van der Waals surface area (Å²) in [6, 6.07) is 0. The molecule has 7 heteroatoms. The van der Waals surface area contributed by atoms with Gasteiger partial charge in [-0.2, -0.15) is 0 Å². The van der Waals surface area contributed by atoms with Gasteiger partial charge in [-0.3, -0.25) is 4.79 Å². The van der Waals surface area contributed by atoms with E-state index in [0.717, 1.165) is 0 Å². The molecule has 0 aromatic rings. The van der Waals surface area contributed by atoms with Gasteiger partial charge in [0.25, 0.3) is 0 Å². The summed E-state index contributed by atoms with van der Waals surface area (Å²) in [5, 5.41) is 10.8. The van der Waals surface area contributed by atoms with Crippen LogP contribution in [-0.2, 0) is 19.1 Å². The van der Waals surface area contributed by atoms with Crippen molar-refractivity contribution in [2.24, 2.45) is 0 Å². The lowest BCUT2D eigenvalue weighted by molar-refractivity contribution is -0.157. The SMILES string of the molecule is C#CC[C@](CC(=O)OCC)(NC(=O)O)C(=O)OCC. The number of amides is 1. The van der Waals surface area contributed by atoms with Crippen molar-refractivity contribution in [3.63, 3.8) is 0 Å². The molecule has 7 nitrogen and oxygen atoms in total. The quantitative estimate of drug-likeness (QED) is 0.517. The first-order chi connectivity index (χ1) is 8.91. The fraction of sp³-hybridized carbons (Fsp3) is 0.583. The number of hydrogen-bond donors (Lipinski definition) is 2. The normalized spacial score (nSPS) is 12.7. The second-order valence-corrected chi connectivity index (χ2v) is 3.60. The monoisotopic (exact) mass is 271 g/mol. The van der Waals surface area contributed by atoms with E-state index in [-0.39, 0.29) is 19.6 Å². The van der Waals surface area contributed by atoms with E-state index in [1.165, 1.54) is 0 Å². The van der Waals surface area contributed by atoms with Gasteiger partial charge in [-0.1, -0.05) is 0 Å². The molecule has 0 radical (unpaired) electrons. The van der Waals surface area contributed by atoms with Gasteiger partial charge in [0.2, 0.25) is 0 Å². The molecule has 0 bridgehead atoms. The van der Waals surface area contributed by atoms with E-state index in [2.05, 4.69) is 5.92 Å². The third-order valence-electron chi connectivity index (χ3n) is 2.17. The van der Waals surface area contributed by atoms with Crippen molar-refractivity contribution in [1.82, 2.24) is 5.32 Å². The lowest BCUT2D eigenvalue weighted by atomic mass is 9.91. The zero-order valence-electron chi connectivity index (χ0n) is 10.9. The Morgan fingerprint density at radius 3 is 2.26 bits per heavy atom. The maximum absolute atomic E-state index is 11.9. The van der Waals surface area contributed by atoms with E-state index in [9.17, 15) is 14.4 Å². The molecule has 106 valence electrons. The van der Waals surface area contributed by atoms with Crippen LogP contribution < -0.4 is 5.32 Å². The third kappa shape index (κ3) is 5.29. The van der Waals surface area contributed by atoms with Gasteiger partial charge in [0.15, 0.2) is 5.54 Å². The van der Waals surface area contributed by atoms with Gasteiger partial charge in [-0.15, -0.1) is 12.3 Å². The Morgan fingerprint density at radius 2 is 1.84 bits per heavy atom. The van der Waals surface area contributed by atoms with E-state index in [1.807, 2.05) is 5.32 Å². The van der Waals surface area contributed by atoms with Crippen LogP contribution in [0.1, 0.15) is 26.7 Å². The number of nitrogens with one attached hydrogen (secondary N) is 1. The predicted octanol–water partition coefficient (Wildman–Crippen LogP) is 0.532. The van der Waals surface area contributed by atoms with Gasteiger partial charge in [-0.05, 0) is 13.8 Å². The van der Waals surface area contributed by atoms with Crippen molar-refractivity contribution in [3.05, 3.63) is 0 Å². The molecule has 0 aliphatic carbocycles. The highest BCUT2D eigenvalue weighted by atomic mass is 16.5. The summed E-state index contributed by atoms with van der Waals surface area (Å²) in [6.07, 6.45) is 2.83. The summed E-state index contributed by atoms with van der Waals surface area (Å²) in [6.45, 7) is 3.30. The number of carbonyl (C=O) groups excluding carboxylic acids is 2. The fourth-order valence-corrected chi connectivity index (χ4v) is 1.45. The van der Waals surface area contributed by atoms with Crippen molar-refractivity contribution in [3.8, 4) is 12.3 Å². The molecule has 0 aromatic heterocycles. The second-order valence-electron chi connectivity index (χ2n) is 3.60. The largest absolute Gasteiger partial charge is 0.466 e. The zero-order valence-corrected chi connectivity index (χ0v) is 10.9. The van der Waals surface area contributed by atoms with Crippen LogP contribution >= 0.6 is 0 Å². The molecule has 2 N–H and O–H groups in total.